The maximum Gasteiger partial charge on any atom is 0.261 e. The number of rotatable bonds is 5. The van der Waals surface area contributed by atoms with Crippen LogP contribution < -0.4 is 10.0 Å². The number of carbonyl (C=O) groups excluding carboxylic acids is 1. The summed E-state index contributed by atoms with van der Waals surface area (Å²) < 4.78 is 27.7. The van der Waals surface area contributed by atoms with Crippen molar-refractivity contribution in [3.8, 4) is 0 Å². The molecular weight excluding hydrogens is 338 g/mol. The van der Waals surface area contributed by atoms with E-state index in [1.165, 1.54) is 14.0 Å². The molecule has 0 radical (unpaired) electrons. The summed E-state index contributed by atoms with van der Waals surface area (Å²) in [6.45, 7) is 5.05. The Morgan fingerprint density at radius 3 is 2.37 bits per heavy atom. The fourth-order valence-corrected chi connectivity index (χ4v) is 3.66. The van der Waals surface area contributed by atoms with E-state index in [1.807, 2.05) is 0 Å². The van der Waals surface area contributed by atoms with Crippen LogP contribution in [0.4, 0.5) is 0 Å². The number of hydrogen-bond donors (Lipinski definition) is 2. The molecule has 10 heteroatoms. The van der Waals surface area contributed by atoms with E-state index in [9.17, 15) is 13.2 Å². The zero-order chi connectivity index (χ0) is 14.8. The summed E-state index contributed by atoms with van der Waals surface area (Å²) in [5.41, 5.74) is 0. The third-order valence-corrected chi connectivity index (χ3v) is 4.57. The van der Waals surface area contributed by atoms with Crippen LogP contribution in [-0.4, -0.2) is 41.4 Å². The molecule has 0 aliphatic carbocycles. The van der Waals surface area contributed by atoms with Crippen LogP contribution in [0, 0.1) is 0 Å². The van der Waals surface area contributed by atoms with Crippen molar-refractivity contribution in [1.29, 1.82) is 0 Å². The molecule has 0 saturated heterocycles. The van der Waals surface area contributed by atoms with Gasteiger partial charge in [0.15, 0.2) is 4.60 Å². The van der Waals surface area contributed by atoms with Crippen molar-refractivity contribution in [3.05, 3.63) is 4.60 Å². The molecular formula is C9H16BrN5O3S. The number of carbonyl (C=O) groups is 1. The van der Waals surface area contributed by atoms with Crippen molar-refractivity contribution in [2.24, 2.45) is 7.05 Å². The first kappa shape index (κ1) is 16.1. The van der Waals surface area contributed by atoms with Crippen molar-refractivity contribution in [2.75, 3.05) is 0 Å². The van der Waals surface area contributed by atoms with Crippen molar-refractivity contribution in [3.63, 3.8) is 0 Å². The highest BCUT2D eigenvalue weighted by atomic mass is 79.9. The van der Waals surface area contributed by atoms with Crippen LogP contribution in [0.3, 0.4) is 0 Å². The predicted octanol–water partition coefficient (Wildman–Crippen LogP) is -0.231. The number of nitrogens with one attached hydrogen (secondary N) is 2. The van der Waals surface area contributed by atoms with Gasteiger partial charge in [0.2, 0.25) is 10.9 Å². The molecule has 0 aromatic carbocycles. The highest BCUT2D eigenvalue weighted by Crippen LogP contribution is 2.17. The maximum absolute atomic E-state index is 12.1. The molecule has 0 fully saturated rings. The van der Waals surface area contributed by atoms with Gasteiger partial charge in [-0.1, -0.05) is 5.21 Å². The molecule has 1 unspecified atom stereocenters. The molecule has 0 aliphatic heterocycles. The zero-order valence-corrected chi connectivity index (χ0v) is 13.4. The van der Waals surface area contributed by atoms with Gasteiger partial charge in [-0.2, -0.15) is 4.72 Å². The van der Waals surface area contributed by atoms with Crippen LogP contribution >= 0.6 is 15.9 Å². The van der Waals surface area contributed by atoms with Crippen molar-refractivity contribution in [2.45, 2.75) is 37.9 Å². The molecule has 2 N–H and O–H groups in total. The highest BCUT2D eigenvalue weighted by molar-refractivity contribution is 9.10. The molecule has 0 bridgehead atoms. The Bertz CT molecular complexity index is 549. The standard InChI is InChI=1S/C9H16BrN5O3S/c1-5(2)11-8(16)6(3)13-19(17,18)9-7(10)12-14-15(9)4/h5-6,13H,1-4H3,(H,11,16). The Morgan fingerprint density at radius 1 is 1.37 bits per heavy atom. The van der Waals surface area contributed by atoms with E-state index in [0.29, 0.717) is 0 Å². The highest BCUT2D eigenvalue weighted by Gasteiger charge is 2.28. The van der Waals surface area contributed by atoms with Crippen LogP contribution in [0.2, 0.25) is 0 Å². The Kier molecular flexibility index (Phi) is 5.04. The van der Waals surface area contributed by atoms with E-state index in [1.54, 1.807) is 13.8 Å². The SMILES string of the molecule is CC(C)NC(=O)C(C)NS(=O)(=O)c1c(Br)nnn1C. The fraction of sp³-hybridized carbons (Fsp3) is 0.667. The number of halogens is 1. The normalized spacial score (nSPS) is 13.6. The largest absolute Gasteiger partial charge is 0.353 e. The molecule has 1 aromatic heterocycles. The molecule has 0 saturated carbocycles. The van der Waals surface area contributed by atoms with Crippen LogP contribution in [0.1, 0.15) is 20.8 Å². The summed E-state index contributed by atoms with van der Waals surface area (Å²) in [4.78, 5) is 11.7. The molecule has 1 atom stereocenters. The van der Waals surface area contributed by atoms with Gasteiger partial charge in [0.25, 0.3) is 10.0 Å². The summed E-state index contributed by atoms with van der Waals surface area (Å²) in [5, 5.41) is 9.67. The van der Waals surface area contributed by atoms with Crippen molar-refractivity contribution in [1.82, 2.24) is 25.0 Å². The number of sulfonamides is 1. The molecule has 19 heavy (non-hydrogen) atoms. The number of aryl methyl sites for hydroxylation is 1. The zero-order valence-electron chi connectivity index (χ0n) is 11.0. The first-order valence-corrected chi connectivity index (χ1v) is 7.80. The third kappa shape index (κ3) is 3.98. The van der Waals surface area contributed by atoms with Gasteiger partial charge in [-0.15, -0.1) is 5.10 Å². The average molecular weight is 354 g/mol. The minimum atomic E-state index is -3.88. The third-order valence-electron chi connectivity index (χ3n) is 2.15. The van der Waals surface area contributed by atoms with Gasteiger partial charge < -0.3 is 5.32 Å². The van der Waals surface area contributed by atoms with Gasteiger partial charge in [-0.05, 0) is 36.7 Å². The fourth-order valence-electron chi connectivity index (χ4n) is 1.36. The Morgan fingerprint density at radius 2 is 1.95 bits per heavy atom. The van der Waals surface area contributed by atoms with Crippen molar-refractivity contribution < 1.29 is 13.2 Å². The van der Waals surface area contributed by atoms with Gasteiger partial charge >= 0.3 is 0 Å². The number of aromatic nitrogens is 3. The van der Waals surface area contributed by atoms with Crippen LogP contribution in [0.5, 0.6) is 0 Å². The van der Waals surface area contributed by atoms with Crippen LogP contribution in [0.25, 0.3) is 0 Å². The molecule has 0 spiro atoms. The van der Waals surface area contributed by atoms with E-state index < -0.39 is 22.0 Å². The van der Waals surface area contributed by atoms with Crippen LogP contribution in [-0.2, 0) is 21.9 Å². The number of hydrogen-bond acceptors (Lipinski definition) is 5. The topological polar surface area (TPSA) is 106 Å². The lowest BCUT2D eigenvalue weighted by Gasteiger charge is -2.16. The lowest BCUT2D eigenvalue weighted by molar-refractivity contribution is -0.122. The van der Waals surface area contributed by atoms with Gasteiger partial charge in [-0.3, -0.25) is 4.79 Å². The lowest BCUT2D eigenvalue weighted by Crippen LogP contribution is -2.47. The van der Waals surface area contributed by atoms with Crippen molar-refractivity contribution >= 4 is 31.9 Å². The molecule has 0 aliphatic rings. The van der Waals surface area contributed by atoms with Crippen LogP contribution in [0.15, 0.2) is 9.63 Å². The van der Waals surface area contributed by atoms with E-state index in [-0.39, 0.29) is 15.7 Å². The number of nitrogens with zero attached hydrogens (tertiary/aromatic N) is 3. The van der Waals surface area contributed by atoms with Gasteiger partial charge in [-0.25, -0.2) is 13.1 Å². The van der Waals surface area contributed by atoms with E-state index in [2.05, 4.69) is 36.3 Å². The predicted molar refractivity (Wildman–Crippen MR) is 71.8 cm³/mol. The molecule has 108 valence electrons. The number of amides is 1. The van der Waals surface area contributed by atoms with Gasteiger partial charge in [0.05, 0.1) is 6.04 Å². The summed E-state index contributed by atoms with van der Waals surface area (Å²) in [6, 6.07) is -0.959. The quantitative estimate of drug-likeness (QED) is 0.760. The average Bonchev–Trinajstić information content (AvgIpc) is 2.57. The van der Waals surface area contributed by atoms with E-state index >= 15 is 0 Å². The first-order valence-electron chi connectivity index (χ1n) is 5.53. The van der Waals surface area contributed by atoms with Gasteiger partial charge in [0.1, 0.15) is 0 Å². The second-order valence-electron chi connectivity index (χ2n) is 4.32. The molecule has 1 amide bonds. The summed E-state index contributed by atoms with van der Waals surface area (Å²) >= 11 is 3.01. The second kappa shape index (κ2) is 5.97. The van der Waals surface area contributed by atoms with E-state index in [4.69, 9.17) is 0 Å². The molecule has 8 nitrogen and oxygen atoms in total. The minimum absolute atomic E-state index is 0.0652. The Labute approximate surface area is 120 Å². The smallest absolute Gasteiger partial charge is 0.261 e. The lowest BCUT2D eigenvalue weighted by atomic mass is 10.3. The summed E-state index contributed by atoms with van der Waals surface area (Å²) in [5.74, 6) is -0.398. The first-order chi connectivity index (χ1) is 8.65. The Balaban J connectivity index is 2.90. The Hall–Kier alpha value is -1.00. The second-order valence-corrected chi connectivity index (χ2v) is 6.70. The van der Waals surface area contributed by atoms with E-state index in [0.717, 1.165) is 4.68 Å². The van der Waals surface area contributed by atoms with Gasteiger partial charge in [0, 0.05) is 13.1 Å². The molecule has 1 rings (SSSR count). The molecule has 1 aromatic rings. The maximum atomic E-state index is 12.1. The minimum Gasteiger partial charge on any atom is -0.353 e. The monoisotopic (exact) mass is 353 g/mol. The summed E-state index contributed by atoms with van der Waals surface area (Å²) in [6.07, 6.45) is 0. The summed E-state index contributed by atoms with van der Waals surface area (Å²) in [7, 11) is -2.43. The molecule has 1 heterocycles.